The number of nitrogens with two attached hydrogens (primary N) is 1. The van der Waals surface area contributed by atoms with Crippen LogP contribution in [0.15, 0.2) is 0 Å². The van der Waals surface area contributed by atoms with Crippen molar-refractivity contribution in [3.05, 3.63) is 0 Å². The molecule has 0 unspecified atom stereocenters. The van der Waals surface area contributed by atoms with Crippen LogP contribution in [0.2, 0.25) is 0 Å². The van der Waals surface area contributed by atoms with Gasteiger partial charge in [0, 0.05) is 6.04 Å². The maximum atomic E-state index is 10.2. The average Bonchev–Trinajstić information content (AvgIpc) is 1.85. The van der Waals surface area contributed by atoms with E-state index in [1.807, 2.05) is 0 Å². The lowest BCUT2D eigenvalue weighted by molar-refractivity contribution is -0.137. The lowest BCUT2D eigenvalue weighted by Gasteiger charge is -2.13. The first-order chi connectivity index (χ1) is 5.06. The summed E-state index contributed by atoms with van der Waals surface area (Å²) >= 11 is 0. The van der Waals surface area contributed by atoms with Crippen LogP contribution in [0.5, 0.6) is 0 Å². The summed E-state index contributed by atoms with van der Waals surface area (Å²) in [5, 5.41) is 8.39. The van der Waals surface area contributed by atoms with Crippen molar-refractivity contribution in [2.75, 3.05) is 0 Å². The molecule has 0 aromatic rings. The minimum absolute atomic E-state index is 0.0876. The Kier molecular flexibility index (Phi) is 4.86. The van der Waals surface area contributed by atoms with Crippen LogP contribution in [-0.2, 0) is 4.79 Å². The maximum absolute atomic E-state index is 10.2. The third-order valence-electron chi connectivity index (χ3n) is 1.84. The van der Waals surface area contributed by atoms with Gasteiger partial charge in [-0.2, -0.15) is 0 Å². The van der Waals surface area contributed by atoms with Crippen LogP contribution in [0.25, 0.3) is 0 Å². The number of hydrogen-bond acceptors (Lipinski definition) is 2. The van der Waals surface area contributed by atoms with Crippen molar-refractivity contribution in [2.45, 2.75) is 39.2 Å². The SMILES string of the molecule is CC[C@@H](C)C[C@H](N)CC(=O)O. The summed E-state index contributed by atoms with van der Waals surface area (Å²) < 4.78 is 0. The van der Waals surface area contributed by atoms with Crippen molar-refractivity contribution in [3.8, 4) is 0 Å². The zero-order valence-electron chi connectivity index (χ0n) is 7.21. The highest BCUT2D eigenvalue weighted by molar-refractivity contribution is 5.67. The minimum atomic E-state index is -0.805. The van der Waals surface area contributed by atoms with Gasteiger partial charge in [0.05, 0.1) is 6.42 Å². The predicted octanol–water partition coefficient (Wildman–Crippen LogP) is 1.22. The van der Waals surface area contributed by atoms with E-state index in [-0.39, 0.29) is 12.5 Å². The second-order valence-corrected chi connectivity index (χ2v) is 3.11. The van der Waals surface area contributed by atoms with E-state index in [4.69, 9.17) is 10.8 Å². The number of carboxylic acids is 1. The molecule has 0 aliphatic carbocycles. The second-order valence-electron chi connectivity index (χ2n) is 3.11. The fraction of sp³-hybridized carbons (Fsp3) is 0.875. The smallest absolute Gasteiger partial charge is 0.304 e. The molecule has 2 atom stereocenters. The van der Waals surface area contributed by atoms with Gasteiger partial charge in [-0.15, -0.1) is 0 Å². The van der Waals surface area contributed by atoms with E-state index >= 15 is 0 Å². The largest absolute Gasteiger partial charge is 0.481 e. The van der Waals surface area contributed by atoms with Gasteiger partial charge >= 0.3 is 5.97 Å². The van der Waals surface area contributed by atoms with Crippen LogP contribution in [0.3, 0.4) is 0 Å². The topological polar surface area (TPSA) is 63.3 Å². The Morgan fingerprint density at radius 1 is 1.64 bits per heavy atom. The van der Waals surface area contributed by atoms with E-state index in [9.17, 15) is 4.79 Å². The molecule has 0 saturated heterocycles. The van der Waals surface area contributed by atoms with Crippen molar-refractivity contribution in [1.82, 2.24) is 0 Å². The van der Waals surface area contributed by atoms with Crippen molar-refractivity contribution < 1.29 is 9.90 Å². The third kappa shape index (κ3) is 5.85. The highest BCUT2D eigenvalue weighted by Gasteiger charge is 2.10. The highest BCUT2D eigenvalue weighted by atomic mass is 16.4. The first kappa shape index (κ1) is 10.4. The van der Waals surface area contributed by atoms with Gasteiger partial charge in [-0.25, -0.2) is 0 Å². The molecule has 3 heteroatoms. The molecule has 0 aromatic heterocycles. The molecule has 0 bridgehead atoms. The lowest BCUT2D eigenvalue weighted by Crippen LogP contribution is -2.25. The molecule has 0 aliphatic rings. The van der Waals surface area contributed by atoms with E-state index in [0.717, 1.165) is 12.8 Å². The van der Waals surface area contributed by atoms with Crippen LogP contribution in [0, 0.1) is 5.92 Å². The van der Waals surface area contributed by atoms with E-state index < -0.39 is 5.97 Å². The molecule has 0 aromatic carbocycles. The number of carbonyl (C=O) groups is 1. The van der Waals surface area contributed by atoms with E-state index in [1.165, 1.54) is 0 Å². The van der Waals surface area contributed by atoms with Crippen LogP contribution in [0.4, 0.5) is 0 Å². The second kappa shape index (κ2) is 5.13. The molecule has 0 radical (unpaired) electrons. The highest BCUT2D eigenvalue weighted by Crippen LogP contribution is 2.09. The minimum Gasteiger partial charge on any atom is -0.481 e. The first-order valence-electron chi connectivity index (χ1n) is 4.03. The van der Waals surface area contributed by atoms with Crippen LogP contribution in [-0.4, -0.2) is 17.1 Å². The van der Waals surface area contributed by atoms with Gasteiger partial charge in [-0.3, -0.25) is 4.79 Å². The van der Waals surface area contributed by atoms with E-state index in [1.54, 1.807) is 0 Å². The molecule has 0 rings (SSSR count). The Morgan fingerprint density at radius 3 is 2.55 bits per heavy atom. The van der Waals surface area contributed by atoms with Crippen molar-refractivity contribution in [3.63, 3.8) is 0 Å². The van der Waals surface area contributed by atoms with Crippen LogP contribution >= 0.6 is 0 Å². The maximum Gasteiger partial charge on any atom is 0.304 e. The van der Waals surface area contributed by atoms with Crippen molar-refractivity contribution in [1.29, 1.82) is 0 Å². The summed E-state index contributed by atoms with van der Waals surface area (Å²) in [4.78, 5) is 10.2. The van der Waals surface area contributed by atoms with Crippen molar-refractivity contribution in [2.24, 2.45) is 11.7 Å². The number of rotatable bonds is 5. The number of carboxylic acid groups (broad SMARTS) is 1. The van der Waals surface area contributed by atoms with Gasteiger partial charge in [-0.1, -0.05) is 20.3 Å². The van der Waals surface area contributed by atoms with E-state index in [2.05, 4.69) is 13.8 Å². The Morgan fingerprint density at radius 2 is 2.18 bits per heavy atom. The molecule has 3 N–H and O–H groups in total. The predicted molar refractivity (Wildman–Crippen MR) is 44.3 cm³/mol. The van der Waals surface area contributed by atoms with Crippen LogP contribution in [0.1, 0.15) is 33.1 Å². The fourth-order valence-corrected chi connectivity index (χ4v) is 0.991. The molecule has 0 aliphatic heterocycles. The summed E-state index contributed by atoms with van der Waals surface area (Å²) in [5.74, 6) is -0.273. The van der Waals surface area contributed by atoms with Gasteiger partial charge < -0.3 is 10.8 Å². The monoisotopic (exact) mass is 159 g/mol. The van der Waals surface area contributed by atoms with Gasteiger partial charge in [0.2, 0.25) is 0 Å². The van der Waals surface area contributed by atoms with E-state index in [0.29, 0.717) is 5.92 Å². The fourth-order valence-electron chi connectivity index (χ4n) is 0.991. The van der Waals surface area contributed by atoms with Gasteiger partial charge in [0.1, 0.15) is 0 Å². The Labute approximate surface area is 67.6 Å². The molecule has 0 fully saturated rings. The normalized spacial score (nSPS) is 15.9. The quantitative estimate of drug-likeness (QED) is 0.634. The molecule has 0 heterocycles. The molecule has 66 valence electrons. The summed E-state index contributed by atoms with van der Waals surface area (Å²) in [6, 6.07) is -0.178. The summed E-state index contributed by atoms with van der Waals surface area (Å²) in [6.45, 7) is 4.17. The molecule has 0 saturated carbocycles. The summed E-state index contributed by atoms with van der Waals surface area (Å²) in [7, 11) is 0. The zero-order valence-corrected chi connectivity index (χ0v) is 7.21. The molecular formula is C8H17NO2. The summed E-state index contributed by atoms with van der Waals surface area (Å²) in [5.41, 5.74) is 5.57. The van der Waals surface area contributed by atoms with Gasteiger partial charge in [0.15, 0.2) is 0 Å². The molecule has 0 amide bonds. The molecule has 0 spiro atoms. The van der Waals surface area contributed by atoms with Gasteiger partial charge in [-0.05, 0) is 12.3 Å². The Bertz CT molecular complexity index is 125. The average molecular weight is 159 g/mol. The number of aliphatic carboxylic acids is 1. The summed E-state index contributed by atoms with van der Waals surface area (Å²) in [6.07, 6.45) is 1.96. The molecular weight excluding hydrogens is 142 g/mol. The van der Waals surface area contributed by atoms with Crippen molar-refractivity contribution >= 4 is 5.97 Å². The molecule has 11 heavy (non-hydrogen) atoms. The standard InChI is InChI=1S/C8H17NO2/c1-3-6(2)4-7(9)5-8(10)11/h6-7H,3-5,9H2,1-2H3,(H,10,11)/t6-,7+/m1/s1. The molecule has 3 nitrogen and oxygen atoms in total. The Balaban J connectivity index is 3.51. The van der Waals surface area contributed by atoms with Gasteiger partial charge in [0.25, 0.3) is 0 Å². The third-order valence-corrected chi connectivity index (χ3v) is 1.84. The first-order valence-corrected chi connectivity index (χ1v) is 4.03. The zero-order chi connectivity index (χ0) is 8.85. The number of hydrogen-bond donors (Lipinski definition) is 2. The lowest BCUT2D eigenvalue weighted by atomic mass is 9.98. The van der Waals surface area contributed by atoms with Crippen LogP contribution < -0.4 is 5.73 Å². The Hall–Kier alpha value is -0.570.